The maximum absolute atomic E-state index is 9.23. The van der Waals surface area contributed by atoms with E-state index in [4.69, 9.17) is 20.4 Å². The van der Waals surface area contributed by atoms with Gasteiger partial charge in [0.25, 0.3) is 0 Å². The fraction of sp³-hybridized carbons (Fsp3) is 0.444. The molecule has 7 heteroatoms. The molecule has 0 bridgehead atoms. The summed E-state index contributed by atoms with van der Waals surface area (Å²) in [6.07, 6.45) is 1.63. The first-order valence-electron chi connectivity index (χ1n) is 8.26. The molecule has 0 aromatic carbocycles. The Morgan fingerprint density at radius 2 is 1.88 bits per heavy atom. The number of rotatable bonds is 1. The SMILES string of the molecule is C/C=C(\C#N)N=C1C(=N)C2=C(N=C(C)C(C)N2)C2N=C(C)C(C)=NC12. The number of nitrogens with zero attached hydrogens (tertiary/aromatic N) is 5. The molecule has 0 saturated heterocycles. The number of hydrogen-bond donors (Lipinski definition) is 2. The van der Waals surface area contributed by atoms with Crippen molar-refractivity contribution < 1.29 is 0 Å². The lowest BCUT2D eigenvalue weighted by molar-refractivity contribution is 0.643. The second-order valence-electron chi connectivity index (χ2n) is 6.36. The van der Waals surface area contributed by atoms with Gasteiger partial charge in [-0.2, -0.15) is 5.26 Å². The van der Waals surface area contributed by atoms with Crippen LogP contribution in [0.1, 0.15) is 34.6 Å². The van der Waals surface area contributed by atoms with Crippen LogP contribution in [0.15, 0.2) is 43.1 Å². The Hall–Kier alpha value is -2.88. The summed E-state index contributed by atoms with van der Waals surface area (Å²) in [5.41, 5.74) is 4.98. The van der Waals surface area contributed by atoms with E-state index >= 15 is 0 Å². The van der Waals surface area contributed by atoms with Crippen molar-refractivity contribution in [2.45, 2.75) is 52.7 Å². The largest absolute Gasteiger partial charge is 0.374 e. The molecule has 0 spiro atoms. The van der Waals surface area contributed by atoms with E-state index in [1.54, 1.807) is 13.0 Å². The minimum atomic E-state index is -0.426. The van der Waals surface area contributed by atoms with E-state index in [1.165, 1.54) is 0 Å². The molecule has 2 heterocycles. The smallest absolute Gasteiger partial charge is 0.136 e. The van der Waals surface area contributed by atoms with Gasteiger partial charge < -0.3 is 5.32 Å². The molecule has 3 rings (SSSR count). The Morgan fingerprint density at radius 1 is 1.24 bits per heavy atom. The van der Waals surface area contributed by atoms with Crippen LogP contribution in [0.3, 0.4) is 0 Å². The summed E-state index contributed by atoms with van der Waals surface area (Å²) >= 11 is 0. The van der Waals surface area contributed by atoms with Crippen molar-refractivity contribution >= 4 is 28.6 Å². The molecule has 0 aromatic rings. The first-order valence-corrected chi connectivity index (χ1v) is 8.26. The summed E-state index contributed by atoms with van der Waals surface area (Å²) < 4.78 is 0. The summed E-state index contributed by atoms with van der Waals surface area (Å²) in [4.78, 5) is 18.6. The minimum absolute atomic E-state index is 0.0351. The number of nitriles is 1. The Bertz CT molecular complexity index is 874. The van der Waals surface area contributed by atoms with Crippen LogP contribution in [0.5, 0.6) is 0 Å². The molecule has 0 radical (unpaired) electrons. The van der Waals surface area contributed by atoms with Crippen molar-refractivity contribution in [1.82, 2.24) is 5.32 Å². The molecule has 3 aliphatic rings. The van der Waals surface area contributed by atoms with E-state index in [2.05, 4.69) is 16.4 Å². The molecule has 0 aromatic heterocycles. The van der Waals surface area contributed by atoms with Gasteiger partial charge in [-0.25, -0.2) is 4.99 Å². The second-order valence-corrected chi connectivity index (χ2v) is 6.36. The zero-order valence-corrected chi connectivity index (χ0v) is 15.0. The maximum Gasteiger partial charge on any atom is 0.136 e. The van der Waals surface area contributed by atoms with Gasteiger partial charge in [0, 0.05) is 5.71 Å². The van der Waals surface area contributed by atoms with E-state index in [1.807, 2.05) is 27.7 Å². The summed E-state index contributed by atoms with van der Waals surface area (Å²) in [5.74, 6) is 0. The third-order valence-corrected chi connectivity index (χ3v) is 4.72. The van der Waals surface area contributed by atoms with Crippen molar-refractivity contribution in [3.63, 3.8) is 0 Å². The number of allylic oxidation sites excluding steroid dienone is 3. The second kappa shape index (κ2) is 6.20. The summed E-state index contributed by atoms with van der Waals surface area (Å²) in [6.45, 7) is 9.54. The van der Waals surface area contributed by atoms with Crippen LogP contribution < -0.4 is 5.32 Å². The van der Waals surface area contributed by atoms with Gasteiger partial charge in [-0.15, -0.1) is 0 Å². The highest BCUT2D eigenvalue weighted by Crippen LogP contribution is 2.31. The number of aliphatic imine (C=N–C) groups is 4. The predicted octanol–water partition coefficient (Wildman–Crippen LogP) is 2.22. The first kappa shape index (κ1) is 17.0. The Kier molecular flexibility index (Phi) is 4.21. The van der Waals surface area contributed by atoms with Gasteiger partial charge in [-0.1, -0.05) is 6.08 Å². The number of hydrogen-bond acceptors (Lipinski definition) is 7. The van der Waals surface area contributed by atoms with Crippen molar-refractivity contribution in [2.24, 2.45) is 20.0 Å². The molecule has 2 N–H and O–H groups in total. The lowest BCUT2D eigenvalue weighted by Crippen LogP contribution is -2.52. The third-order valence-electron chi connectivity index (χ3n) is 4.72. The molecular weight excluding hydrogens is 314 g/mol. The highest BCUT2D eigenvalue weighted by molar-refractivity contribution is 6.51. The van der Waals surface area contributed by atoms with Crippen LogP contribution in [-0.4, -0.2) is 46.7 Å². The van der Waals surface area contributed by atoms with Crippen LogP contribution in [0, 0.1) is 16.7 Å². The lowest BCUT2D eigenvalue weighted by Gasteiger charge is -2.37. The molecule has 2 aliphatic heterocycles. The van der Waals surface area contributed by atoms with Gasteiger partial charge in [0.15, 0.2) is 0 Å². The van der Waals surface area contributed by atoms with Crippen LogP contribution >= 0.6 is 0 Å². The molecular formula is C18H21N7. The van der Waals surface area contributed by atoms with E-state index in [0.29, 0.717) is 11.4 Å². The zero-order valence-electron chi connectivity index (χ0n) is 15.0. The van der Waals surface area contributed by atoms with E-state index in [0.717, 1.165) is 22.8 Å². The topological polar surface area (TPSA) is 109 Å². The summed E-state index contributed by atoms with van der Waals surface area (Å²) in [5, 5.41) is 21.2. The highest BCUT2D eigenvalue weighted by Gasteiger charge is 2.43. The standard InChI is InChI=1S/C18H21N7/c1-6-12(7-19)25-15-13(20)14-16(22-9(3)8(2)21-14)18-17(15)23-10(4)11(5)24-18/h6,8,17-18,20-21H,1-5H3/b12-6+,20-13?,25-15?. The minimum Gasteiger partial charge on any atom is -0.374 e. The Morgan fingerprint density at radius 3 is 2.48 bits per heavy atom. The van der Waals surface area contributed by atoms with Gasteiger partial charge in [-0.05, 0) is 34.6 Å². The van der Waals surface area contributed by atoms with Crippen LogP contribution in [0.4, 0.5) is 0 Å². The molecule has 3 unspecified atom stereocenters. The van der Waals surface area contributed by atoms with Crippen LogP contribution in [-0.2, 0) is 0 Å². The zero-order chi connectivity index (χ0) is 18.3. The molecule has 25 heavy (non-hydrogen) atoms. The number of nitrogens with one attached hydrogen (secondary N) is 2. The average Bonchev–Trinajstić information content (AvgIpc) is 2.59. The van der Waals surface area contributed by atoms with Crippen molar-refractivity contribution in [3.8, 4) is 6.07 Å². The van der Waals surface area contributed by atoms with E-state index in [9.17, 15) is 5.26 Å². The highest BCUT2D eigenvalue weighted by atomic mass is 15.1. The molecule has 1 aliphatic carbocycles. The van der Waals surface area contributed by atoms with Crippen LogP contribution in [0.2, 0.25) is 0 Å². The molecule has 0 amide bonds. The summed E-state index contributed by atoms with van der Waals surface area (Å²) in [6, 6.07) is 1.34. The molecule has 128 valence electrons. The van der Waals surface area contributed by atoms with Gasteiger partial charge in [-0.3, -0.25) is 20.4 Å². The number of fused-ring (bicyclic) bond motifs is 2. The monoisotopic (exact) mass is 335 g/mol. The van der Waals surface area contributed by atoms with Gasteiger partial charge in [0.2, 0.25) is 0 Å². The average molecular weight is 335 g/mol. The fourth-order valence-electron chi connectivity index (χ4n) is 3.00. The van der Waals surface area contributed by atoms with E-state index in [-0.39, 0.29) is 23.5 Å². The van der Waals surface area contributed by atoms with E-state index < -0.39 is 6.04 Å². The van der Waals surface area contributed by atoms with Crippen LogP contribution in [0.25, 0.3) is 0 Å². The van der Waals surface area contributed by atoms with Crippen molar-refractivity contribution in [2.75, 3.05) is 0 Å². The third kappa shape index (κ3) is 2.74. The van der Waals surface area contributed by atoms with Gasteiger partial charge in [0.1, 0.15) is 29.6 Å². The Balaban J connectivity index is 2.22. The van der Waals surface area contributed by atoms with Gasteiger partial charge >= 0.3 is 0 Å². The Labute approximate surface area is 147 Å². The molecule has 0 fully saturated rings. The molecule has 0 saturated carbocycles. The quantitative estimate of drug-likeness (QED) is 0.716. The molecule has 3 atom stereocenters. The van der Waals surface area contributed by atoms with Gasteiger partial charge in [0.05, 0.1) is 34.6 Å². The normalized spacial score (nSPS) is 30.6. The predicted molar refractivity (Wildman–Crippen MR) is 101 cm³/mol. The first-order chi connectivity index (χ1) is 11.9. The summed E-state index contributed by atoms with van der Waals surface area (Å²) in [7, 11) is 0. The van der Waals surface area contributed by atoms with Crippen molar-refractivity contribution in [3.05, 3.63) is 23.2 Å². The maximum atomic E-state index is 9.23. The molecule has 7 nitrogen and oxygen atoms in total. The fourth-order valence-corrected chi connectivity index (χ4v) is 3.00. The lowest BCUT2D eigenvalue weighted by atomic mass is 9.85. The van der Waals surface area contributed by atoms with Crippen molar-refractivity contribution in [1.29, 1.82) is 10.7 Å².